The van der Waals surface area contributed by atoms with Crippen molar-refractivity contribution in [2.75, 3.05) is 5.32 Å². The molecule has 0 aromatic heterocycles. The van der Waals surface area contributed by atoms with Crippen molar-refractivity contribution in [1.82, 2.24) is 5.43 Å². The van der Waals surface area contributed by atoms with Gasteiger partial charge in [-0.2, -0.15) is 5.10 Å². The number of carbonyl (C=O) groups is 2. The summed E-state index contributed by atoms with van der Waals surface area (Å²) >= 11 is 12.3. The summed E-state index contributed by atoms with van der Waals surface area (Å²) in [6, 6.07) is 19.4. The molecule has 0 bridgehead atoms. The van der Waals surface area contributed by atoms with Crippen molar-refractivity contribution in [2.24, 2.45) is 5.10 Å². The topological polar surface area (TPSA) is 79.8 Å². The highest BCUT2D eigenvalue weighted by Crippen LogP contribution is 2.26. The molecule has 3 aromatic carbocycles. The highest BCUT2D eigenvalue weighted by atomic mass is 35.5. The Kier molecular flexibility index (Phi) is 7.65. The van der Waals surface area contributed by atoms with Crippen LogP contribution in [0.1, 0.15) is 16.7 Å². The number of ether oxygens (including phenoxy) is 1. The van der Waals surface area contributed by atoms with Gasteiger partial charge in [0.2, 0.25) is 0 Å². The Morgan fingerprint density at radius 1 is 0.968 bits per heavy atom. The molecule has 0 unspecified atom stereocenters. The molecule has 0 spiro atoms. The van der Waals surface area contributed by atoms with E-state index in [2.05, 4.69) is 15.8 Å². The summed E-state index contributed by atoms with van der Waals surface area (Å²) in [6.07, 6.45) is 1.41. The molecule has 6 nitrogen and oxygen atoms in total. The third-order valence-corrected chi connectivity index (χ3v) is 4.91. The van der Waals surface area contributed by atoms with E-state index < -0.39 is 11.8 Å². The Hall–Kier alpha value is -3.35. The fourth-order valence-electron chi connectivity index (χ4n) is 2.55. The second-order valence-electron chi connectivity index (χ2n) is 6.58. The number of carbonyl (C=O) groups excluding carboxylic acids is 2. The summed E-state index contributed by atoms with van der Waals surface area (Å²) in [7, 11) is 0. The van der Waals surface area contributed by atoms with Gasteiger partial charge in [-0.15, -0.1) is 0 Å². The lowest BCUT2D eigenvalue weighted by atomic mass is 10.2. The predicted molar refractivity (Wildman–Crippen MR) is 123 cm³/mol. The summed E-state index contributed by atoms with van der Waals surface area (Å²) in [5.41, 5.74) is 5.13. The van der Waals surface area contributed by atoms with Gasteiger partial charge in [0.25, 0.3) is 0 Å². The molecule has 0 fully saturated rings. The van der Waals surface area contributed by atoms with E-state index >= 15 is 0 Å². The Labute approximate surface area is 189 Å². The van der Waals surface area contributed by atoms with Crippen LogP contribution in [0.4, 0.5) is 5.69 Å². The quantitative estimate of drug-likeness (QED) is 0.312. The molecule has 31 heavy (non-hydrogen) atoms. The minimum absolute atomic E-state index is 0.203. The summed E-state index contributed by atoms with van der Waals surface area (Å²) in [4.78, 5) is 23.8. The number of aryl methyl sites for hydroxylation is 1. The molecular weight excluding hydrogens is 437 g/mol. The highest BCUT2D eigenvalue weighted by molar-refractivity contribution is 6.39. The second kappa shape index (κ2) is 10.6. The highest BCUT2D eigenvalue weighted by Gasteiger charge is 2.12. The molecule has 2 amide bonds. The van der Waals surface area contributed by atoms with Crippen LogP contribution in [0, 0.1) is 6.92 Å². The molecule has 0 aliphatic carbocycles. The van der Waals surface area contributed by atoms with E-state index in [4.69, 9.17) is 27.9 Å². The Morgan fingerprint density at radius 2 is 1.65 bits per heavy atom. The number of hydrogen-bond acceptors (Lipinski definition) is 4. The van der Waals surface area contributed by atoms with E-state index in [9.17, 15) is 9.59 Å². The van der Waals surface area contributed by atoms with E-state index in [-0.39, 0.29) is 6.61 Å². The Morgan fingerprint density at radius 3 is 2.35 bits per heavy atom. The maximum absolute atomic E-state index is 11.9. The molecule has 158 valence electrons. The zero-order valence-electron chi connectivity index (χ0n) is 16.6. The SMILES string of the molecule is Cc1ccc(NC(=O)C(=O)N/N=C/c2cccc(OCc3c(Cl)cccc3Cl)c2)cc1. The maximum atomic E-state index is 11.9. The van der Waals surface area contributed by atoms with Crippen LogP contribution in [-0.4, -0.2) is 18.0 Å². The first-order valence-electron chi connectivity index (χ1n) is 9.29. The molecular formula is C23H19Cl2N3O3. The van der Waals surface area contributed by atoms with Crippen LogP contribution in [0.15, 0.2) is 71.8 Å². The molecule has 0 saturated carbocycles. The van der Waals surface area contributed by atoms with E-state index in [0.717, 1.165) is 5.56 Å². The third-order valence-electron chi connectivity index (χ3n) is 4.20. The van der Waals surface area contributed by atoms with Crippen molar-refractivity contribution < 1.29 is 14.3 Å². The van der Waals surface area contributed by atoms with Gasteiger partial charge in [-0.25, -0.2) is 5.43 Å². The minimum Gasteiger partial charge on any atom is -0.489 e. The van der Waals surface area contributed by atoms with Crippen LogP contribution in [0.2, 0.25) is 10.0 Å². The molecule has 0 saturated heterocycles. The van der Waals surface area contributed by atoms with E-state index in [1.54, 1.807) is 54.6 Å². The minimum atomic E-state index is -0.877. The summed E-state index contributed by atoms with van der Waals surface area (Å²) in [5.74, 6) is -1.12. The van der Waals surface area contributed by atoms with Crippen LogP contribution in [0.3, 0.4) is 0 Å². The van der Waals surface area contributed by atoms with Gasteiger partial charge in [0.05, 0.1) is 6.21 Å². The number of anilines is 1. The van der Waals surface area contributed by atoms with Gasteiger partial charge in [0.15, 0.2) is 0 Å². The lowest BCUT2D eigenvalue weighted by molar-refractivity contribution is -0.136. The van der Waals surface area contributed by atoms with Gasteiger partial charge in [-0.3, -0.25) is 9.59 Å². The van der Waals surface area contributed by atoms with E-state index in [1.165, 1.54) is 6.21 Å². The fourth-order valence-corrected chi connectivity index (χ4v) is 3.06. The standard InChI is InChI=1S/C23H19Cl2N3O3/c1-15-8-10-17(11-9-15)27-22(29)23(30)28-26-13-16-4-2-5-18(12-16)31-14-19-20(24)6-3-7-21(19)25/h2-13H,14H2,1H3,(H,27,29)(H,28,30)/b26-13+. The van der Waals surface area contributed by atoms with Crippen molar-refractivity contribution in [3.05, 3.63) is 93.5 Å². The predicted octanol–water partition coefficient (Wildman–Crippen LogP) is 4.97. The fraction of sp³-hybridized carbons (Fsp3) is 0.0870. The van der Waals surface area contributed by atoms with Crippen LogP contribution >= 0.6 is 23.2 Å². The second-order valence-corrected chi connectivity index (χ2v) is 7.40. The summed E-state index contributed by atoms with van der Waals surface area (Å²) < 4.78 is 5.75. The Balaban J connectivity index is 1.54. The number of hydrazone groups is 1. The molecule has 3 rings (SSSR count). The molecule has 0 aliphatic heterocycles. The monoisotopic (exact) mass is 455 g/mol. The van der Waals surface area contributed by atoms with Crippen LogP contribution in [-0.2, 0) is 16.2 Å². The lowest BCUT2D eigenvalue weighted by Crippen LogP contribution is -2.32. The van der Waals surface area contributed by atoms with Crippen LogP contribution in [0.5, 0.6) is 5.75 Å². The van der Waals surface area contributed by atoms with Crippen molar-refractivity contribution in [1.29, 1.82) is 0 Å². The number of nitrogens with one attached hydrogen (secondary N) is 2. The largest absolute Gasteiger partial charge is 0.489 e. The van der Waals surface area contributed by atoms with Gasteiger partial charge in [0, 0.05) is 21.3 Å². The molecule has 0 radical (unpaired) electrons. The molecule has 2 N–H and O–H groups in total. The molecule has 0 heterocycles. The maximum Gasteiger partial charge on any atom is 0.329 e. The van der Waals surface area contributed by atoms with Crippen molar-refractivity contribution in [2.45, 2.75) is 13.5 Å². The molecule has 3 aromatic rings. The van der Waals surface area contributed by atoms with Gasteiger partial charge < -0.3 is 10.1 Å². The summed E-state index contributed by atoms with van der Waals surface area (Å²) in [5, 5.41) is 7.37. The normalized spacial score (nSPS) is 10.7. The van der Waals surface area contributed by atoms with Crippen LogP contribution < -0.4 is 15.5 Å². The van der Waals surface area contributed by atoms with Crippen molar-refractivity contribution >= 4 is 46.9 Å². The first kappa shape index (κ1) is 22.3. The van der Waals surface area contributed by atoms with Gasteiger partial charge in [-0.05, 0) is 48.9 Å². The molecule has 8 heteroatoms. The Bertz CT molecular complexity index is 1100. The lowest BCUT2D eigenvalue weighted by Gasteiger charge is -2.09. The van der Waals surface area contributed by atoms with Crippen molar-refractivity contribution in [3.8, 4) is 5.75 Å². The number of amides is 2. The summed E-state index contributed by atoms with van der Waals surface area (Å²) in [6.45, 7) is 2.13. The zero-order chi connectivity index (χ0) is 22.2. The van der Waals surface area contributed by atoms with Gasteiger partial charge in [0.1, 0.15) is 12.4 Å². The number of nitrogens with zero attached hydrogens (tertiary/aromatic N) is 1. The number of rotatable bonds is 6. The molecule has 0 aliphatic rings. The molecule has 0 atom stereocenters. The van der Waals surface area contributed by atoms with Crippen LogP contribution in [0.25, 0.3) is 0 Å². The first-order chi connectivity index (χ1) is 14.9. The average Bonchev–Trinajstić information content (AvgIpc) is 2.75. The van der Waals surface area contributed by atoms with E-state index in [1.807, 2.05) is 19.1 Å². The van der Waals surface area contributed by atoms with Crippen molar-refractivity contribution in [3.63, 3.8) is 0 Å². The number of hydrogen-bond donors (Lipinski definition) is 2. The number of benzene rings is 3. The number of halogens is 2. The average molecular weight is 456 g/mol. The van der Waals surface area contributed by atoms with Gasteiger partial charge >= 0.3 is 11.8 Å². The van der Waals surface area contributed by atoms with Gasteiger partial charge in [-0.1, -0.05) is 59.1 Å². The first-order valence-corrected chi connectivity index (χ1v) is 10.0. The third kappa shape index (κ3) is 6.57. The zero-order valence-corrected chi connectivity index (χ0v) is 18.1. The smallest absolute Gasteiger partial charge is 0.329 e. The van der Waals surface area contributed by atoms with E-state index in [0.29, 0.717) is 32.6 Å².